The van der Waals surface area contributed by atoms with Crippen molar-refractivity contribution in [1.82, 2.24) is 9.97 Å². The highest BCUT2D eigenvalue weighted by Gasteiger charge is 2.38. The zero-order valence-corrected chi connectivity index (χ0v) is 8.00. The zero-order valence-electron chi connectivity index (χ0n) is 7.25. The van der Waals surface area contributed by atoms with Crippen LogP contribution in [0.25, 0.3) is 0 Å². The van der Waals surface area contributed by atoms with Crippen molar-refractivity contribution in [1.29, 1.82) is 0 Å². The number of nitrogens with zero attached hydrogens (tertiary/aromatic N) is 2. The van der Waals surface area contributed by atoms with Gasteiger partial charge in [-0.05, 0) is 0 Å². The van der Waals surface area contributed by atoms with Gasteiger partial charge in [0.2, 0.25) is 0 Å². The van der Waals surface area contributed by atoms with Crippen LogP contribution in [-0.4, -0.2) is 33.5 Å². The summed E-state index contributed by atoms with van der Waals surface area (Å²) in [5.41, 5.74) is 0. The molecule has 2 N–H and O–H groups in total. The highest BCUT2D eigenvalue weighted by molar-refractivity contribution is 6.29. The fourth-order valence-corrected chi connectivity index (χ4v) is 0.778. The molecule has 0 saturated heterocycles. The molecule has 0 aliphatic rings. The minimum absolute atomic E-state index is 0.0281. The van der Waals surface area contributed by atoms with Gasteiger partial charge in [-0.15, -0.1) is 0 Å². The molecule has 0 radical (unpaired) electrons. The second kappa shape index (κ2) is 4.35. The topological polar surface area (TPSA) is 75.1 Å². The number of aliphatic carboxylic acids is 1. The van der Waals surface area contributed by atoms with Crippen LogP contribution < -0.4 is 5.32 Å². The van der Waals surface area contributed by atoms with E-state index in [1.165, 1.54) is 0 Å². The van der Waals surface area contributed by atoms with Gasteiger partial charge < -0.3 is 10.4 Å². The number of hydrogen-bond acceptors (Lipinski definition) is 4. The highest BCUT2D eigenvalue weighted by atomic mass is 35.5. The smallest absolute Gasteiger partial charge is 0.376 e. The molecule has 0 amide bonds. The largest absolute Gasteiger partial charge is 0.477 e. The van der Waals surface area contributed by atoms with E-state index in [2.05, 4.69) is 15.3 Å². The lowest BCUT2D eigenvalue weighted by Gasteiger charge is -2.11. The molecule has 0 aliphatic carbocycles. The molecule has 0 unspecified atom stereocenters. The summed E-state index contributed by atoms with van der Waals surface area (Å²) in [5, 5.41) is 10.4. The van der Waals surface area contributed by atoms with E-state index in [9.17, 15) is 13.6 Å². The molecule has 8 heteroatoms. The number of alkyl halides is 2. The number of carbonyl (C=O) groups is 1. The van der Waals surface area contributed by atoms with Gasteiger partial charge >= 0.3 is 11.9 Å². The standard InChI is InChI=1S/C7H6ClF2N3O2/c8-4-1-12-5(2-11-4)13-3-7(9,10)6(14)15/h1-2H,3H2,(H,12,13)(H,14,15). The van der Waals surface area contributed by atoms with Crippen molar-refractivity contribution in [3.05, 3.63) is 17.5 Å². The van der Waals surface area contributed by atoms with Gasteiger partial charge in [0, 0.05) is 0 Å². The zero-order chi connectivity index (χ0) is 11.5. The number of anilines is 1. The molecular formula is C7H6ClF2N3O2. The Balaban J connectivity index is 2.57. The molecule has 15 heavy (non-hydrogen) atoms. The average molecular weight is 238 g/mol. The average Bonchev–Trinajstić information content (AvgIpc) is 2.17. The van der Waals surface area contributed by atoms with Crippen molar-refractivity contribution >= 4 is 23.4 Å². The van der Waals surface area contributed by atoms with Crippen LogP contribution in [0, 0.1) is 0 Å². The Bertz CT molecular complexity index is 358. The van der Waals surface area contributed by atoms with Gasteiger partial charge in [0.1, 0.15) is 11.0 Å². The maximum Gasteiger partial charge on any atom is 0.376 e. The van der Waals surface area contributed by atoms with E-state index in [4.69, 9.17) is 16.7 Å². The quantitative estimate of drug-likeness (QED) is 0.825. The van der Waals surface area contributed by atoms with Crippen LogP contribution in [-0.2, 0) is 4.79 Å². The maximum atomic E-state index is 12.6. The van der Waals surface area contributed by atoms with Gasteiger partial charge in [-0.3, -0.25) is 0 Å². The fourth-order valence-electron chi connectivity index (χ4n) is 0.681. The summed E-state index contributed by atoms with van der Waals surface area (Å²) in [5.74, 6) is -6.02. The summed E-state index contributed by atoms with van der Waals surface area (Å²) in [7, 11) is 0. The summed E-state index contributed by atoms with van der Waals surface area (Å²) in [4.78, 5) is 17.2. The number of carboxylic acid groups (broad SMARTS) is 1. The molecular weight excluding hydrogens is 232 g/mol. The van der Waals surface area contributed by atoms with Crippen molar-refractivity contribution in [2.75, 3.05) is 11.9 Å². The SMILES string of the molecule is O=C(O)C(F)(F)CNc1cnc(Cl)cn1. The second-order valence-electron chi connectivity index (χ2n) is 2.59. The molecule has 0 bridgehead atoms. The predicted octanol–water partition coefficient (Wildman–Crippen LogP) is 1.26. The number of nitrogens with one attached hydrogen (secondary N) is 1. The van der Waals surface area contributed by atoms with E-state index in [0.717, 1.165) is 12.4 Å². The Kier molecular flexibility index (Phi) is 3.35. The monoisotopic (exact) mass is 237 g/mol. The first-order valence-corrected chi connectivity index (χ1v) is 4.12. The van der Waals surface area contributed by atoms with Crippen LogP contribution >= 0.6 is 11.6 Å². The normalized spacial score (nSPS) is 11.1. The fraction of sp³-hybridized carbons (Fsp3) is 0.286. The molecule has 0 saturated carbocycles. The first-order chi connectivity index (χ1) is 6.92. The third-order valence-corrected chi connectivity index (χ3v) is 1.62. The molecule has 1 heterocycles. The molecule has 82 valence electrons. The molecule has 0 spiro atoms. The Morgan fingerprint density at radius 2 is 2.20 bits per heavy atom. The lowest BCUT2D eigenvalue weighted by atomic mass is 10.3. The predicted molar refractivity (Wildman–Crippen MR) is 48.1 cm³/mol. The van der Waals surface area contributed by atoms with Crippen LogP contribution in [0.15, 0.2) is 12.4 Å². The van der Waals surface area contributed by atoms with Gasteiger partial charge in [-0.1, -0.05) is 11.6 Å². The first-order valence-electron chi connectivity index (χ1n) is 3.74. The summed E-state index contributed by atoms with van der Waals surface area (Å²) >= 11 is 5.41. The molecule has 1 rings (SSSR count). The van der Waals surface area contributed by atoms with Gasteiger partial charge in [-0.2, -0.15) is 8.78 Å². The summed E-state index contributed by atoms with van der Waals surface area (Å²) in [6.45, 7) is -1.06. The molecule has 0 aromatic carbocycles. The number of rotatable bonds is 4. The lowest BCUT2D eigenvalue weighted by molar-refractivity contribution is -0.162. The van der Waals surface area contributed by atoms with Crippen molar-refractivity contribution < 1.29 is 18.7 Å². The minimum Gasteiger partial charge on any atom is -0.477 e. The van der Waals surface area contributed by atoms with Gasteiger partial charge in [0.05, 0.1) is 18.9 Å². The van der Waals surface area contributed by atoms with E-state index < -0.39 is 18.4 Å². The van der Waals surface area contributed by atoms with Crippen LogP contribution in [0.4, 0.5) is 14.6 Å². The number of aromatic nitrogens is 2. The Morgan fingerprint density at radius 3 is 2.67 bits per heavy atom. The second-order valence-corrected chi connectivity index (χ2v) is 2.97. The van der Waals surface area contributed by atoms with Crippen molar-refractivity contribution in [3.8, 4) is 0 Å². The molecule has 1 aromatic rings. The summed E-state index contributed by atoms with van der Waals surface area (Å²) < 4.78 is 25.2. The van der Waals surface area contributed by atoms with E-state index in [-0.39, 0.29) is 11.0 Å². The van der Waals surface area contributed by atoms with Crippen molar-refractivity contribution in [3.63, 3.8) is 0 Å². The van der Waals surface area contributed by atoms with Crippen LogP contribution in [0.2, 0.25) is 5.15 Å². The van der Waals surface area contributed by atoms with Gasteiger partial charge in [0.25, 0.3) is 0 Å². The molecule has 0 aliphatic heterocycles. The Labute approximate surface area is 88.1 Å². The van der Waals surface area contributed by atoms with E-state index in [0.29, 0.717) is 0 Å². The highest BCUT2D eigenvalue weighted by Crippen LogP contribution is 2.14. The molecule has 0 atom stereocenters. The summed E-state index contributed by atoms with van der Waals surface area (Å²) in [6, 6.07) is 0. The number of halogens is 3. The van der Waals surface area contributed by atoms with E-state index >= 15 is 0 Å². The van der Waals surface area contributed by atoms with E-state index in [1.807, 2.05) is 0 Å². The van der Waals surface area contributed by atoms with Crippen LogP contribution in [0.5, 0.6) is 0 Å². The third kappa shape index (κ3) is 3.28. The molecule has 5 nitrogen and oxygen atoms in total. The lowest BCUT2D eigenvalue weighted by Crippen LogP contribution is -2.36. The van der Waals surface area contributed by atoms with Crippen molar-refractivity contribution in [2.45, 2.75) is 5.92 Å². The van der Waals surface area contributed by atoms with Gasteiger partial charge in [0.15, 0.2) is 0 Å². The first kappa shape index (κ1) is 11.6. The van der Waals surface area contributed by atoms with E-state index in [1.54, 1.807) is 0 Å². The Morgan fingerprint density at radius 1 is 1.53 bits per heavy atom. The van der Waals surface area contributed by atoms with Crippen molar-refractivity contribution in [2.24, 2.45) is 0 Å². The van der Waals surface area contributed by atoms with Crippen LogP contribution in [0.3, 0.4) is 0 Å². The Hall–Kier alpha value is -1.50. The molecule has 0 fully saturated rings. The number of hydrogen-bond donors (Lipinski definition) is 2. The third-order valence-electron chi connectivity index (χ3n) is 1.42. The molecule has 1 aromatic heterocycles. The number of carboxylic acids is 1. The summed E-state index contributed by atoms with van der Waals surface area (Å²) in [6.07, 6.45) is 2.28. The minimum atomic E-state index is -3.85. The van der Waals surface area contributed by atoms with Crippen LogP contribution in [0.1, 0.15) is 0 Å². The van der Waals surface area contributed by atoms with Gasteiger partial charge in [-0.25, -0.2) is 14.8 Å². The maximum absolute atomic E-state index is 12.6.